The summed E-state index contributed by atoms with van der Waals surface area (Å²) in [7, 11) is 0. The van der Waals surface area contributed by atoms with E-state index >= 15 is 0 Å². The molecule has 15 heavy (non-hydrogen) atoms. The molecule has 0 aliphatic carbocycles. The summed E-state index contributed by atoms with van der Waals surface area (Å²) in [4.78, 5) is 4.29. The third kappa shape index (κ3) is 4.22. The lowest BCUT2D eigenvalue weighted by Gasteiger charge is -2.11. The summed E-state index contributed by atoms with van der Waals surface area (Å²) < 4.78 is 5.13. The first kappa shape index (κ1) is 12.5. The van der Waals surface area contributed by atoms with Crippen molar-refractivity contribution in [1.82, 2.24) is 10.1 Å². The molecule has 0 spiro atoms. The molecule has 0 radical (unpaired) electrons. The molecular formula is C10H19N3OS. The molecule has 2 N–H and O–H groups in total. The first-order chi connectivity index (χ1) is 7.13. The van der Waals surface area contributed by atoms with E-state index in [2.05, 4.69) is 30.9 Å². The minimum atomic E-state index is 0.0946. The zero-order valence-electron chi connectivity index (χ0n) is 9.56. The standard InChI is InChI=1S/C10H19N3OS/c1-4-15-6-9-12-10(14-13-9)5-8(11)7(2)3/h7-8H,4-6,11H2,1-3H3. The molecule has 0 saturated heterocycles. The second-order valence-corrected chi connectivity index (χ2v) is 5.13. The van der Waals surface area contributed by atoms with Crippen LogP contribution in [0.2, 0.25) is 0 Å². The Morgan fingerprint density at radius 3 is 2.80 bits per heavy atom. The number of hydrogen-bond acceptors (Lipinski definition) is 5. The minimum absolute atomic E-state index is 0.0946. The average Bonchev–Trinajstić information content (AvgIpc) is 2.62. The van der Waals surface area contributed by atoms with Crippen molar-refractivity contribution in [3.8, 4) is 0 Å². The van der Waals surface area contributed by atoms with Crippen molar-refractivity contribution in [1.29, 1.82) is 0 Å². The van der Waals surface area contributed by atoms with Gasteiger partial charge in [-0.15, -0.1) is 0 Å². The molecule has 0 aromatic carbocycles. The van der Waals surface area contributed by atoms with Gasteiger partial charge in [0.25, 0.3) is 0 Å². The fraction of sp³-hybridized carbons (Fsp3) is 0.800. The Morgan fingerprint density at radius 2 is 2.20 bits per heavy atom. The van der Waals surface area contributed by atoms with Crippen molar-refractivity contribution in [3.63, 3.8) is 0 Å². The van der Waals surface area contributed by atoms with Crippen LogP contribution in [-0.2, 0) is 12.2 Å². The Labute approximate surface area is 95.0 Å². The van der Waals surface area contributed by atoms with Gasteiger partial charge in [-0.1, -0.05) is 25.9 Å². The number of nitrogens with zero attached hydrogens (tertiary/aromatic N) is 2. The Morgan fingerprint density at radius 1 is 1.47 bits per heavy atom. The smallest absolute Gasteiger partial charge is 0.228 e. The predicted octanol–water partition coefficient (Wildman–Crippen LogP) is 1.85. The molecule has 0 saturated carbocycles. The van der Waals surface area contributed by atoms with Crippen molar-refractivity contribution in [2.24, 2.45) is 11.7 Å². The zero-order valence-corrected chi connectivity index (χ0v) is 10.4. The lowest BCUT2D eigenvalue weighted by Crippen LogP contribution is -2.28. The molecule has 1 aromatic heterocycles. The lowest BCUT2D eigenvalue weighted by atomic mass is 10.0. The summed E-state index contributed by atoms with van der Waals surface area (Å²) in [5.74, 6) is 3.74. The SMILES string of the molecule is CCSCc1noc(CC(N)C(C)C)n1. The van der Waals surface area contributed by atoms with Crippen molar-refractivity contribution in [3.05, 3.63) is 11.7 Å². The van der Waals surface area contributed by atoms with Gasteiger partial charge >= 0.3 is 0 Å². The van der Waals surface area contributed by atoms with Crippen LogP contribution in [-0.4, -0.2) is 21.9 Å². The molecule has 0 bridgehead atoms. The topological polar surface area (TPSA) is 64.9 Å². The quantitative estimate of drug-likeness (QED) is 0.806. The van der Waals surface area contributed by atoms with Crippen molar-refractivity contribution >= 4 is 11.8 Å². The van der Waals surface area contributed by atoms with Gasteiger partial charge in [-0.2, -0.15) is 16.7 Å². The van der Waals surface area contributed by atoms with Gasteiger partial charge < -0.3 is 10.3 Å². The van der Waals surface area contributed by atoms with Crippen LogP contribution in [0.15, 0.2) is 4.52 Å². The first-order valence-electron chi connectivity index (χ1n) is 5.28. The van der Waals surface area contributed by atoms with Gasteiger partial charge in [0.05, 0.1) is 5.75 Å². The predicted molar refractivity (Wildman–Crippen MR) is 62.7 cm³/mol. The second-order valence-electron chi connectivity index (χ2n) is 3.85. The number of hydrogen-bond donors (Lipinski definition) is 1. The summed E-state index contributed by atoms with van der Waals surface area (Å²) in [6, 6.07) is 0.0946. The Bertz CT molecular complexity index is 288. The third-order valence-corrected chi connectivity index (χ3v) is 3.08. The number of nitrogens with two attached hydrogens (primary N) is 1. The molecule has 1 atom stereocenters. The van der Waals surface area contributed by atoms with E-state index in [9.17, 15) is 0 Å². The molecule has 0 amide bonds. The highest BCUT2D eigenvalue weighted by atomic mass is 32.2. The van der Waals surface area contributed by atoms with Crippen LogP contribution >= 0.6 is 11.8 Å². The van der Waals surface area contributed by atoms with Crippen LogP contribution in [0.5, 0.6) is 0 Å². The maximum absolute atomic E-state index is 5.92. The molecule has 1 aromatic rings. The van der Waals surface area contributed by atoms with E-state index in [1.165, 1.54) is 0 Å². The highest BCUT2D eigenvalue weighted by molar-refractivity contribution is 7.98. The van der Waals surface area contributed by atoms with Crippen LogP contribution in [0.1, 0.15) is 32.5 Å². The summed E-state index contributed by atoms with van der Waals surface area (Å²) in [6.07, 6.45) is 0.668. The Balaban J connectivity index is 2.45. The molecule has 5 heteroatoms. The maximum Gasteiger partial charge on any atom is 0.228 e. The Hall–Kier alpha value is -0.550. The monoisotopic (exact) mass is 229 g/mol. The number of rotatable bonds is 6. The summed E-state index contributed by atoms with van der Waals surface area (Å²) >= 11 is 1.78. The Kier molecular flexibility index (Phi) is 5.11. The van der Waals surface area contributed by atoms with E-state index in [-0.39, 0.29) is 6.04 Å². The van der Waals surface area contributed by atoms with Gasteiger partial charge in [0.15, 0.2) is 5.82 Å². The number of thioether (sulfide) groups is 1. The van der Waals surface area contributed by atoms with Gasteiger partial charge in [-0.05, 0) is 11.7 Å². The highest BCUT2D eigenvalue weighted by Gasteiger charge is 2.13. The average molecular weight is 229 g/mol. The van der Waals surface area contributed by atoms with E-state index in [1.807, 2.05) is 0 Å². The molecule has 1 unspecified atom stereocenters. The lowest BCUT2D eigenvalue weighted by molar-refractivity contribution is 0.350. The van der Waals surface area contributed by atoms with E-state index in [0.29, 0.717) is 18.2 Å². The van der Waals surface area contributed by atoms with Crippen LogP contribution in [0.4, 0.5) is 0 Å². The van der Waals surface area contributed by atoms with Crippen LogP contribution in [0.3, 0.4) is 0 Å². The van der Waals surface area contributed by atoms with E-state index < -0.39 is 0 Å². The van der Waals surface area contributed by atoms with Crippen LogP contribution in [0, 0.1) is 5.92 Å². The molecule has 1 heterocycles. The minimum Gasteiger partial charge on any atom is -0.339 e. The highest BCUT2D eigenvalue weighted by Crippen LogP contribution is 2.11. The summed E-state index contributed by atoms with van der Waals surface area (Å²) in [5, 5.41) is 3.90. The van der Waals surface area contributed by atoms with Crippen molar-refractivity contribution < 1.29 is 4.52 Å². The molecule has 0 aliphatic rings. The van der Waals surface area contributed by atoms with Crippen molar-refractivity contribution in [2.45, 2.75) is 39.0 Å². The molecule has 0 fully saturated rings. The maximum atomic E-state index is 5.92. The van der Waals surface area contributed by atoms with Gasteiger partial charge in [0, 0.05) is 12.5 Å². The van der Waals surface area contributed by atoms with Crippen LogP contribution < -0.4 is 5.73 Å². The van der Waals surface area contributed by atoms with Crippen molar-refractivity contribution in [2.75, 3.05) is 5.75 Å². The van der Waals surface area contributed by atoms with E-state index in [4.69, 9.17) is 10.3 Å². The second kappa shape index (κ2) is 6.12. The molecule has 1 rings (SSSR count). The summed E-state index contributed by atoms with van der Waals surface area (Å²) in [6.45, 7) is 6.30. The normalized spacial score (nSPS) is 13.4. The number of aromatic nitrogens is 2. The summed E-state index contributed by atoms with van der Waals surface area (Å²) in [5.41, 5.74) is 5.92. The molecule has 0 aliphatic heterocycles. The fourth-order valence-corrected chi connectivity index (χ4v) is 1.57. The zero-order chi connectivity index (χ0) is 11.3. The van der Waals surface area contributed by atoms with E-state index in [0.717, 1.165) is 17.3 Å². The van der Waals surface area contributed by atoms with Gasteiger partial charge in [0.1, 0.15) is 0 Å². The van der Waals surface area contributed by atoms with Gasteiger partial charge in [-0.3, -0.25) is 0 Å². The largest absolute Gasteiger partial charge is 0.339 e. The van der Waals surface area contributed by atoms with Gasteiger partial charge in [-0.25, -0.2) is 0 Å². The fourth-order valence-electron chi connectivity index (χ4n) is 1.06. The first-order valence-corrected chi connectivity index (χ1v) is 6.43. The molecule has 86 valence electrons. The molecule has 4 nitrogen and oxygen atoms in total. The molecular weight excluding hydrogens is 210 g/mol. The van der Waals surface area contributed by atoms with Gasteiger partial charge in [0.2, 0.25) is 5.89 Å². The third-order valence-electron chi connectivity index (χ3n) is 2.21. The van der Waals surface area contributed by atoms with E-state index in [1.54, 1.807) is 11.8 Å². The van der Waals surface area contributed by atoms with Crippen LogP contribution in [0.25, 0.3) is 0 Å².